The van der Waals surface area contributed by atoms with Crippen LogP contribution in [0.25, 0.3) is 0 Å². The minimum absolute atomic E-state index is 0.188. The molecule has 2 N–H and O–H groups in total. The van der Waals surface area contributed by atoms with Crippen LogP contribution in [0.1, 0.15) is 45.4 Å². The Labute approximate surface area is 106 Å². The average molecular weight is 240 g/mol. The van der Waals surface area contributed by atoms with Crippen molar-refractivity contribution in [2.45, 2.75) is 57.0 Å². The second kappa shape index (κ2) is 5.68. The largest absolute Gasteiger partial charge is 0.381 e. The van der Waals surface area contributed by atoms with Gasteiger partial charge in [0.15, 0.2) is 0 Å². The van der Waals surface area contributed by atoms with Crippen molar-refractivity contribution in [2.24, 2.45) is 11.7 Å². The molecule has 0 aromatic heterocycles. The fourth-order valence-corrected chi connectivity index (χ4v) is 3.20. The Hall–Kier alpha value is -0.120. The third-order valence-corrected chi connectivity index (χ3v) is 4.98. The number of hydrogen-bond donors (Lipinski definition) is 1. The number of nitrogens with two attached hydrogens (primary N) is 1. The van der Waals surface area contributed by atoms with Gasteiger partial charge in [0.25, 0.3) is 0 Å². The van der Waals surface area contributed by atoms with Gasteiger partial charge in [0.2, 0.25) is 0 Å². The van der Waals surface area contributed by atoms with Crippen LogP contribution in [0.2, 0.25) is 0 Å². The number of nitrogens with zero attached hydrogens (tertiary/aromatic N) is 1. The van der Waals surface area contributed by atoms with Crippen molar-refractivity contribution in [3.05, 3.63) is 0 Å². The highest BCUT2D eigenvalue weighted by Crippen LogP contribution is 2.36. The van der Waals surface area contributed by atoms with Crippen LogP contribution in [-0.4, -0.2) is 43.3 Å². The maximum Gasteiger partial charge on any atom is 0.0480 e. The molecule has 1 unspecified atom stereocenters. The summed E-state index contributed by atoms with van der Waals surface area (Å²) in [6.45, 7) is 4.95. The fourth-order valence-electron chi connectivity index (χ4n) is 3.20. The van der Waals surface area contributed by atoms with Crippen LogP contribution in [0, 0.1) is 5.92 Å². The predicted octanol–water partition coefficient (Wildman–Crippen LogP) is 2.00. The van der Waals surface area contributed by atoms with Gasteiger partial charge in [-0.3, -0.25) is 4.90 Å². The van der Waals surface area contributed by atoms with Crippen LogP contribution >= 0.6 is 0 Å². The van der Waals surface area contributed by atoms with Crippen LogP contribution in [0.3, 0.4) is 0 Å². The molecular formula is C14H28N2O. The molecule has 1 heterocycles. The minimum Gasteiger partial charge on any atom is -0.381 e. The zero-order valence-electron chi connectivity index (χ0n) is 11.5. The first kappa shape index (κ1) is 13.3. The minimum atomic E-state index is 0.188. The van der Waals surface area contributed by atoms with Crippen molar-refractivity contribution in [2.75, 3.05) is 26.8 Å². The molecule has 0 aromatic rings. The molecule has 0 amide bonds. The van der Waals surface area contributed by atoms with E-state index in [1.165, 1.54) is 25.7 Å². The van der Waals surface area contributed by atoms with Crippen LogP contribution in [0.4, 0.5) is 0 Å². The van der Waals surface area contributed by atoms with E-state index in [2.05, 4.69) is 18.9 Å². The highest BCUT2D eigenvalue weighted by molar-refractivity contribution is 4.93. The Kier molecular flexibility index (Phi) is 4.45. The number of hydrogen-bond acceptors (Lipinski definition) is 3. The highest BCUT2D eigenvalue weighted by atomic mass is 16.5. The molecule has 2 rings (SSSR count). The Balaban J connectivity index is 1.93. The summed E-state index contributed by atoms with van der Waals surface area (Å²) in [5.74, 6) is 0.922. The zero-order valence-corrected chi connectivity index (χ0v) is 11.5. The zero-order chi connectivity index (χ0) is 12.3. The van der Waals surface area contributed by atoms with Gasteiger partial charge in [-0.1, -0.05) is 19.3 Å². The van der Waals surface area contributed by atoms with Gasteiger partial charge in [0.05, 0.1) is 0 Å². The quantitative estimate of drug-likeness (QED) is 0.799. The van der Waals surface area contributed by atoms with E-state index < -0.39 is 0 Å². The molecule has 0 bridgehead atoms. The molecule has 0 spiro atoms. The molecule has 1 saturated heterocycles. The van der Waals surface area contributed by atoms with Gasteiger partial charge in [-0.2, -0.15) is 0 Å². The van der Waals surface area contributed by atoms with E-state index >= 15 is 0 Å². The Bertz CT molecular complexity index is 236. The predicted molar refractivity (Wildman–Crippen MR) is 71.0 cm³/mol. The third-order valence-electron chi connectivity index (χ3n) is 4.98. The summed E-state index contributed by atoms with van der Waals surface area (Å²) in [6, 6.07) is 0.664. The molecular weight excluding hydrogens is 212 g/mol. The van der Waals surface area contributed by atoms with Crippen LogP contribution in [0.5, 0.6) is 0 Å². The molecule has 1 aliphatic heterocycles. The van der Waals surface area contributed by atoms with Crippen molar-refractivity contribution in [3.8, 4) is 0 Å². The molecule has 1 atom stereocenters. The van der Waals surface area contributed by atoms with E-state index in [1.54, 1.807) is 0 Å². The molecule has 3 nitrogen and oxygen atoms in total. The molecule has 1 saturated carbocycles. The van der Waals surface area contributed by atoms with Crippen LogP contribution in [-0.2, 0) is 4.74 Å². The lowest BCUT2D eigenvalue weighted by Gasteiger charge is -2.47. The molecule has 100 valence electrons. The maximum atomic E-state index is 6.07. The number of rotatable bonds is 5. The molecule has 0 radical (unpaired) electrons. The normalized spacial score (nSPS) is 26.8. The second-order valence-electron chi connectivity index (χ2n) is 6.16. The lowest BCUT2D eigenvalue weighted by molar-refractivity contribution is -0.00845. The third kappa shape index (κ3) is 3.01. The Morgan fingerprint density at radius 1 is 1.24 bits per heavy atom. The topological polar surface area (TPSA) is 38.5 Å². The summed E-state index contributed by atoms with van der Waals surface area (Å²) in [5.41, 5.74) is 6.26. The van der Waals surface area contributed by atoms with Gasteiger partial charge in [-0.05, 0) is 39.2 Å². The van der Waals surface area contributed by atoms with Crippen LogP contribution < -0.4 is 5.73 Å². The van der Waals surface area contributed by atoms with Crippen LogP contribution in [0.15, 0.2) is 0 Å². The van der Waals surface area contributed by atoms with Crippen molar-refractivity contribution in [1.82, 2.24) is 4.90 Å². The maximum absolute atomic E-state index is 6.07. The van der Waals surface area contributed by atoms with Gasteiger partial charge >= 0.3 is 0 Å². The first-order valence-electron chi connectivity index (χ1n) is 7.16. The van der Waals surface area contributed by atoms with Gasteiger partial charge < -0.3 is 10.5 Å². The smallest absolute Gasteiger partial charge is 0.0480 e. The summed E-state index contributed by atoms with van der Waals surface area (Å²) in [6.07, 6.45) is 7.85. The Morgan fingerprint density at radius 2 is 1.88 bits per heavy atom. The van der Waals surface area contributed by atoms with Gasteiger partial charge in [-0.25, -0.2) is 0 Å². The molecule has 2 fully saturated rings. The van der Waals surface area contributed by atoms with E-state index in [1.807, 2.05) is 0 Å². The van der Waals surface area contributed by atoms with E-state index in [4.69, 9.17) is 10.5 Å². The standard InChI is InChI=1S/C14H28N2O/c1-14(11-15,10-12-4-3-5-12)16(2)13-6-8-17-9-7-13/h12-13H,3-11,15H2,1-2H3. The van der Waals surface area contributed by atoms with Crippen molar-refractivity contribution < 1.29 is 4.74 Å². The van der Waals surface area contributed by atoms with Gasteiger partial charge in [-0.15, -0.1) is 0 Å². The summed E-state index contributed by atoms with van der Waals surface area (Å²) >= 11 is 0. The van der Waals surface area contributed by atoms with Gasteiger partial charge in [0, 0.05) is 31.3 Å². The lowest BCUT2D eigenvalue weighted by Crippen LogP contribution is -2.56. The Morgan fingerprint density at radius 3 is 2.35 bits per heavy atom. The first-order chi connectivity index (χ1) is 8.15. The van der Waals surface area contributed by atoms with Gasteiger partial charge in [0.1, 0.15) is 0 Å². The summed E-state index contributed by atoms with van der Waals surface area (Å²) in [7, 11) is 2.27. The fraction of sp³-hybridized carbons (Fsp3) is 1.00. The SMILES string of the molecule is CN(C1CCOCC1)C(C)(CN)CC1CCC1. The van der Waals surface area contributed by atoms with E-state index in [9.17, 15) is 0 Å². The molecule has 3 heteroatoms. The van der Waals surface area contributed by atoms with Crippen molar-refractivity contribution in [3.63, 3.8) is 0 Å². The average Bonchev–Trinajstić information content (AvgIpc) is 2.34. The highest BCUT2D eigenvalue weighted by Gasteiger charge is 2.36. The lowest BCUT2D eigenvalue weighted by atomic mass is 9.75. The molecule has 2 aliphatic rings. The molecule has 1 aliphatic carbocycles. The summed E-state index contributed by atoms with van der Waals surface area (Å²) < 4.78 is 5.45. The molecule has 0 aromatic carbocycles. The number of likely N-dealkylation sites (N-methyl/N-ethyl adjacent to an activating group) is 1. The monoisotopic (exact) mass is 240 g/mol. The summed E-state index contributed by atoms with van der Waals surface area (Å²) in [4.78, 5) is 2.55. The van der Waals surface area contributed by atoms with E-state index in [0.717, 1.165) is 38.5 Å². The summed E-state index contributed by atoms with van der Waals surface area (Å²) in [5, 5.41) is 0. The van der Waals surface area contributed by atoms with E-state index in [-0.39, 0.29) is 5.54 Å². The number of ether oxygens (including phenoxy) is 1. The first-order valence-corrected chi connectivity index (χ1v) is 7.16. The van der Waals surface area contributed by atoms with Crippen molar-refractivity contribution in [1.29, 1.82) is 0 Å². The van der Waals surface area contributed by atoms with E-state index in [0.29, 0.717) is 6.04 Å². The molecule has 17 heavy (non-hydrogen) atoms. The second-order valence-corrected chi connectivity index (χ2v) is 6.16. The van der Waals surface area contributed by atoms with Crippen molar-refractivity contribution >= 4 is 0 Å².